The second-order valence-corrected chi connectivity index (χ2v) is 11.1. The van der Waals surface area contributed by atoms with Gasteiger partial charge < -0.3 is 68.6 Å². The summed E-state index contributed by atoms with van der Waals surface area (Å²) in [5.74, 6) is -2.04. The van der Waals surface area contributed by atoms with E-state index >= 15 is 0 Å². The molecule has 3 heterocycles. The maximum atomic E-state index is 12.0. The Kier molecular flexibility index (Phi) is 9.52. The highest BCUT2D eigenvalue weighted by molar-refractivity contribution is 5.88. The van der Waals surface area contributed by atoms with Gasteiger partial charge in [-0.15, -0.1) is 0 Å². The molecule has 0 amide bonds. The Hall–Kier alpha value is -2.41. The Bertz CT molecular complexity index is 1290. The first-order valence-electron chi connectivity index (χ1n) is 13.2. The van der Waals surface area contributed by atoms with Crippen LogP contribution in [-0.2, 0) is 25.4 Å². The van der Waals surface area contributed by atoms with Gasteiger partial charge in [0, 0.05) is 30.5 Å². The van der Waals surface area contributed by atoms with Crippen LogP contribution in [0.15, 0.2) is 27.4 Å². The Balaban J connectivity index is 1.50. The van der Waals surface area contributed by atoms with Crippen LogP contribution in [0.4, 0.5) is 0 Å². The number of ether oxygens (including phenoxy) is 6. The Morgan fingerprint density at radius 3 is 2.38 bits per heavy atom. The summed E-state index contributed by atoms with van der Waals surface area (Å²) in [7, 11) is 2.84. The summed E-state index contributed by atoms with van der Waals surface area (Å²) in [4.78, 5) is 12.0. The lowest BCUT2D eigenvalue weighted by atomic mass is 9.92. The largest absolute Gasteiger partial charge is 0.496 e. The molecule has 7 atom stereocenters. The first-order valence-corrected chi connectivity index (χ1v) is 13.2. The molecular formula is C27H38O15. The van der Waals surface area contributed by atoms with Crippen molar-refractivity contribution in [2.75, 3.05) is 34.0 Å². The molecule has 236 valence electrons. The van der Waals surface area contributed by atoms with E-state index < -0.39 is 72.6 Å². The van der Waals surface area contributed by atoms with Gasteiger partial charge in [-0.25, -0.2) is 4.79 Å². The van der Waals surface area contributed by atoms with E-state index in [2.05, 4.69) is 0 Å². The number of hydrogen-bond donors (Lipinski definition) is 7. The minimum absolute atomic E-state index is 0.133. The zero-order chi connectivity index (χ0) is 31.0. The summed E-state index contributed by atoms with van der Waals surface area (Å²) >= 11 is 0. The van der Waals surface area contributed by atoms with E-state index in [9.17, 15) is 40.5 Å². The molecule has 2 fully saturated rings. The van der Waals surface area contributed by atoms with Crippen molar-refractivity contribution in [1.29, 1.82) is 0 Å². The summed E-state index contributed by atoms with van der Waals surface area (Å²) in [6, 6.07) is 4.33. The molecule has 0 radical (unpaired) electrons. The molecule has 0 spiro atoms. The van der Waals surface area contributed by atoms with Crippen LogP contribution in [0.5, 0.6) is 11.5 Å². The van der Waals surface area contributed by atoms with Crippen LogP contribution in [0, 0.1) is 0 Å². The van der Waals surface area contributed by atoms with Gasteiger partial charge in [0.15, 0.2) is 24.5 Å². The van der Waals surface area contributed by atoms with Gasteiger partial charge >= 0.3 is 5.63 Å². The van der Waals surface area contributed by atoms with Crippen molar-refractivity contribution in [2.45, 2.75) is 80.7 Å². The van der Waals surface area contributed by atoms with E-state index in [1.165, 1.54) is 40.2 Å². The average Bonchev–Trinajstić information content (AvgIpc) is 3.23. The number of rotatable bonds is 11. The summed E-state index contributed by atoms with van der Waals surface area (Å²) in [5.41, 5.74) is -3.58. The van der Waals surface area contributed by atoms with Crippen LogP contribution in [0.3, 0.4) is 0 Å². The van der Waals surface area contributed by atoms with Crippen molar-refractivity contribution in [3.05, 3.63) is 34.2 Å². The van der Waals surface area contributed by atoms with Crippen LogP contribution in [-0.4, -0.2) is 124 Å². The van der Waals surface area contributed by atoms with E-state index in [0.717, 1.165) is 0 Å². The molecule has 0 bridgehead atoms. The molecule has 2 aliphatic heterocycles. The van der Waals surface area contributed by atoms with Gasteiger partial charge in [0.25, 0.3) is 0 Å². The number of methoxy groups -OCH3 is 2. The topological polar surface area (TPSA) is 227 Å². The molecule has 2 saturated heterocycles. The first-order chi connectivity index (χ1) is 19.7. The molecule has 0 aliphatic carbocycles. The predicted molar refractivity (Wildman–Crippen MR) is 141 cm³/mol. The van der Waals surface area contributed by atoms with Gasteiger partial charge in [0.05, 0.1) is 57.2 Å². The van der Waals surface area contributed by atoms with Crippen molar-refractivity contribution in [3.63, 3.8) is 0 Å². The minimum atomic E-state index is -2.68. The van der Waals surface area contributed by atoms with Crippen molar-refractivity contribution in [3.8, 4) is 11.5 Å². The highest BCUT2D eigenvalue weighted by atomic mass is 16.7. The lowest BCUT2D eigenvalue weighted by Gasteiger charge is -2.45. The third-order valence-corrected chi connectivity index (χ3v) is 7.60. The van der Waals surface area contributed by atoms with E-state index in [1.54, 1.807) is 6.07 Å². The highest BCUT2D eigenvalue weighted by Crippen LogP contribution is 2.38. The van der Waals surface area contributed by atoms with Crippen molar-refractivity contribution in [1.82, 2.24) is 0 Å². The molecule has 7 N–H and O–H groups in total. The van der Waals surface area contributed by atoms with Gasteiger partial charge in [-0.1, -0.05) is 0 Å². The average molecular weight is 603 g/mol. The molecule has 4 rings (SSSR count). The van der Waals surface area contributed by atoms with Gasteiger partial charge in [0.1, 0.15) is 28.8 Å². The fourth-order valence-corrected chi connectivity index (χ4v) is 4.91. The molecule has 2 aromatic rings. The summed E-state index contributed by atoms with van der Waals surface area (Å²) < 4.78 is 38.5. The van der Waals surface area contributed by atoms with Crippen LogP contribution < -0.4 is 15.1 Å². The second-order valence-electron chi connectivity index (χ2n) is 11.1. The molecule has 0 saturated carbocycles. The van der Waals surface area contributed by atoms with Gasteiger partial charge in [0.2, 0.25) is 0 Å². The van der Waals surface area contributed by atoms with E-state index in [4.69, 9.17) is 32.8 Å². The monoisotopic (exact) mass is 602 g/mol. The maximum Gasteiger partial charge on any atom is 0.336 e. The van der Waals surface area contributed by atoms with Crippen molar-refractivity contribution >= 4 is 11.0 Å². The predicted octanol–water partition coefficient (Wildman–Crippen LogP) is -1.88. The van der Waals surface area contributed by atoms with Gasteiger partial charge in [-0.2, -0.15) is 0 Å². The fourth-order valence-electron chi connectivity index (χ4n) is 4.91. The first kappa shape index (κ1) is 32.5. The molecule has 1 aromatic heterocycles. The standard InChI is InChI=1S/C27H38O15/c1-25(2,18(29)7-15-17(37-4)8-16(36-3)14-5-6-19(30)41-20(14)15)42-24-22(32)27(34,35)9-13(40-24)10-38-23-21(31)26(33,11-28)12-39-23/h5-6,8,13,18,21-24,28-29,31-35H,7,9-12H2,1-4H3. The second kappa shape index (κ2) is 12.3. The number of aliphatic hydroxyl groups is 7. The van der Waals surface area contributed by atoms with E-state index in [1.807, 2.05) is 0 Å². The van der Waals surface area contributed by atoms with Crippen LogP contribution in [0.1, 0.15) is 25.8 Å². The van der Waals surface area contributed by atoms with Crippen LogP contribution in [0.25, 0.3) is 11.0 Å². The Labute approximate surface area is 240 Å². The molecule has 15 nitrogen and oxygen atoms in total. The van der Waals surface area contributed by atoms with Gasteiger partial charge in [-0.05, 0) is 19.9 Å². The SMILES string of the molecule is COc1cc(OC)c2ccc(=O)oc2c1CC(O)C(C)(C)OC1OC(COC2OCC(O)(CO)C2O)CC(O)(O)C1O. The van der Waals surface area contributed by atoms with Crippen molar-refractivity contribution in [2.24, 2.45) is 0 Å². The highest BCUT2D eigenvalue weighted by Gasteiger charge is 2.52. The van der Waals surface area contributed by atoms with E-state index in [0.29, 0.717) is 16.7 Å². The van der Waals surface area contributed by atoms with Crippen LogP contribution >= 0.6 is 0 Å². The van der Waals surface area contributed by atoms with Gasteiger partial charge in [-0.3, -0.25) is 0 Å². The molecule has 2 aliphatic rings. The summed E-state index contributed by atoms with van der Waals surface area (Å²) in [6.07, 6.45) is -9.65. The zero-order valence-corrected chi connectivity index (χ0v) is 23.6. The number of hydrogen-bond acceptors (Lipinski definition) is 15. The smallest absolute Gasteiger partial charge is 0.336 e. The lowest BCUT2D eigenvalue weighted by molar-refractivity contribution is -0.374. The third kappa shape index (κ3) is 6.41. The number of aliphatic hydroxyl groups excluding tert-OH is 4. The number of benzene rings is 1. The molecule has 15 heteroatoms. The summed E-state index contributed by atoms with van der Waals surface area (Å²) in [6.45, 7) is 1.43. The minimum Gasteiger partial charge on any atom is -0.496 e. The molecular weight excluding hydrogens is 564 g/mol. The third-order valence-electron chi connectivity index (χ3n) is 7.60. The quantitative estimate of drug-likeness (QED) is 0.110. The maximum absolute atomic E-state index is 12.0. The number of fused-ring (bicyclic) bond motifs is 1. The molecule has 42 heavy (non-hydrogen) atoms. The summed E-state index contributed by atoms with van der Waals surface area (Å²) in [5, 5.41) is 72.9. The zero-order valence-electron chi connectivity index (χ0n) is 23.6. The fraction of sp³-hybridized carbons (Fsp3) is 0.667. The normalized spacial score (nSPS) is 30.4. The molecule has 7 unspecified atom stereocenters. The Morgan fingerprint density at radius 2 is 1.76 bits per heavy atom. The van der Waals surface area contributed by atoms with Crippen molar-refractivity contribution < 1.29 is 68.6 Å². The molecule has 1 aromatic carbocycles. The van der Waals surface area contributed by atoms with Crippen LogP contribution in [0.2, 0.25) is 0 Å². The van der Waals surface area contributed by atoms with E-state index in [-0.39, 0.29) is 31.0 Å². The lowest BCUT2D eigenvalue weighted by Crippen LogP contribution is -2.61. The Morgan fingerprint density at radius 1 is 1.07 bits per heavy atom.